The first-order valence-corrected chi connectivity index (χ1v) is 9.96. The Balaban J connectivity index is 1.40. The molecule has 0 aliphatic heterocycles. The highest BCUT2D eigenvalue weighted by molar-refractivity contribution is 7.07. The fourth-order valence-corrected chi connectivity index (χ4v) is 4.31. The molecule has 1 saturated carbocycles. The standard InChI is InChI=1S/C20H24N4S/c1-14-18-7-2-3-8-19(18)24-20(22-14)23-17-6-4-5-16(11-17)21-12-15-9-10-25-13-15/h2-3,7-10,13,16-17,21H,4-6,11-12H2,1H3,(H,22,23,24)/t16-,17-/m1/s1. The smallest absolute Gasteiger partial charge is 0.223 e. The van der Waals surface area contributed by atoms with Crippen LogP contribution in [0.25, 0.3) is 10.9 Å². The summed E-state index contributed by atoms with van der Waals surface area (Å²) in [4.78, 5) is 9.37. The zero-order valence-corrected chi connectivity index (χ0v) is 15.4. The van der Waals surface area contributed by atoms with Crippen molar-refractivity contribution in [3.8, 4) is 0 Å². The first-order chi connectivity index (χ1) is 12.3. The van der Waals surface area contributed by atoms with Crippen LogP contribution in [0.2, 0.25) is 0 Å². The molecule has 2 atom stereocenters. The highest BCUT2D eigenvalue weighted by Crippen LogP contribution is 2.23. The van der Waals surface area contributed by atoms with E-state index in [0.29, 0.717) is 12.1 Å². The van der Waals surface area contributed by atoms with Crippen LogP contribution in [-0.4, -0.2) is 22.1 Å². The Morgan fingerprint density at radius 2 is 2.00 bits per heavy atom. The molecule has 2 N–H and O–H groups in total. The second kappa shape index (κ2) is 7.50. The second-order valence-corrected chi connectivity index (χ2v) is 7.65. The first-order valence-electron chi connectivity index (χ1n) is 9.02. The van der Waals surface area contributed by atoms with Crippen molar-refractivity contribution in [3.05, 3.63) is 52.3 Å². The van der Waals surface area contributed by atoms with Crippen molar-refractivity contribution in [2.24, 2.45) is 0 Å². The minimum Gasteiger partial charge on any atom is -0.351 e. The van der Waals surface area contributed by atoms with E-state index < -0.39 is 0 Å². The molecule has 2 aromatic heterocycles. The number of hydrogen-bond donors (Lipinski definition) is 2. The maximum atomic E-state index is 4.70. The van der Waals surface area contributed by atoms with Gasteiger partial charge in [-0.3, -0.25) is 0 Å². The quantitative estimate of drug-likeness (QED) is 0.709. The van der Waals surface area contributed by atoms with Crippen molar-refractivity contribution in [3.63, 3.8) is 0 Å². The molecule has 130 valence electrons. The van der Waals surface area contributed by atoms with Crippen LogP contribution < -0.4 is 10.6 Å². The molecule has 0 bridgehead atoms. The van der Waals surface area contributed by atoms with Crippen LogP contribution in [0.5, 0.6) is 0 Å². The van der Waals surface area contributed by atoms with Crippen molar-refractivity contribution in [2.75, 3.05) is 5.32 Å². The molecule has 25 heavy (non-hydrogen) atoms. The lowest BCUT2D eigenvalue weighted by atomic mass is 9.91. The van der Waals surface area contributed by atoms with Crippen molar-refractivity contribution < 1.29 is 0 Å². The number of hydrogen-bond acceptors (Lipinski definition) is 5. The van der Waals surface area contributed by atoms with Crippen LogP contribution in [0.4, 0.5) is 5.95 Å². The van der Waals surface area contributed by atoms with Crippen molar-refractivity contribution >= 4 is 28.2 Å². The van der Waals surface area contributed by atoms with E-state index >= 15 is 0 Å². The fourth-order valence-electron chi connectivity index (χ4n) is 3.64. The van der Waals surface area contributed by atoms with Gasteiger partial charge in [0.25, 0.3) is 0 Å². The molecule has 2 heterocycles. The highest BCUT2D eigenvalue weighted by atomic mass is 32.1. The molecule has 0 unspecified atom stereocenters. The fraction of sp³-hybridized carbons (Fsp3) is 0.400. The molecule has 1 aromatic carbocycles. The van der Waals surface area contributed by atoms with Crippen LogP contribution in [0.1, 0.15) is 36.9 Å². The minimum absolute atomic E-state index is 0.439. The number of benzene rings is 1. The van der Waals surface area contributed by atoms with Gasteiger partial charge in [0.2, 0.25) is 5.95 Å². The van der Waals surface area contributed by atoms with E-state index in [-0.39, 0.29) is 0 Å². The normalized spacial score (nSPS) is 20.7. The lowest BCUT2D eigenvalue weighted by Crippen LogP contribution is -2.38. The van der Waals surface area contributed by atoms with Gasteiger partial charge in [-0.2, -0.15) is 11.3 Å². The summed E-state index contributed by atoms with van der Waals surface area (Å²) >= 11 is 1.76. The highest BCUT2D eigenvalue weighted by Gasteiger charge is 2.22. The molecule has 0 radical (unpaired) electrons. The van der Waals surface area contributed by atoms with Crippen molar-refractivity contribution in [1.29, 1.82) is 0 Å². The number of thiophene rings is 1. The predicted octanol–water partition coefficient (Wildman–Crippen LogP) is 4.51. The molecule has 1 aliphatic carbocycles. The molecular weight excluding hydrogens is 328 g/mol. The van der Waals surface area contributed by atoms with Gasteiger partial charge in [-0.05, 0) is 61.1 Å². The zero-order chi connectivity index (χ0) is 17.1. The third-order valence-corrected chi connectivity index (χ3v) is 5.71. The van der Waals surface area contributed by atoms with E-state index in [0.717, 1.165) is 35.5 Å². The van der Waals surface area contributed by atoms with Gasteiger partial charge in [0, 0.05) is 24.0 Å². The number of para-hydroxylation sites is 1. The van der Waals surface area contributed by atoms with E-state index in [2.05, 4.69) is 51.5 Å². The van der Waals surface area contributed by atoms with Gasteiger partial charge >= 0.3 is 0 Å². The Kier molecular flexibility index (Phi) is 4.95. The summed E-state index contributed by atoms with van der Waals surface area (Å²) in [6.45, 7) is 3.02. The third kappa shape index (κ3) is 3.99. The molecule has 4 nitrogen and oxygen atoms in total. The van der Waals surface area contributed by atoms with Gasteiger partial charge in [0.1, 0.15) is 0 Å². The third-order valence-electron chi connectivity index (χ3n) is 4.98. The van der Waals surface area contributed by atoms with Crippen molar-refractivity contribution in [1.82, 2.24) is 15.3 Å². The Labute approximate surface area is 152 Å². The lowest BCUT2D eigenvalue weighted by molar-refractivity contribution is 0.350. The zero-order valence-electron chi connectivity index (χ0n) is 14.5. The summed E-state index contributed by atoms with van der Waals surface area (Å²) in [5, 5.41) is 12.8. The second-order valence-electron chi connectivity index (χ2n) is 6.87. The Hall–Kier alpha value is -1.98. The minimum atomic E-state index is 0.439. The average Bonchev–Trinajstić information content (AvgIpc) is 3.14. The summed E-state index contributed by atoms with van der Waals surface area (Å²) < 4.78 is 0. The largest absolute Gasteiger partial charge is 0.351 e. The lowest BCUT2D eigenvalue weighted by Gasteiger charge is -2.30. The summed E-state index contributed by atoms with van der Waals surface area (Å²) in [5.74, 6) is 0.764. The van der Waals surface area contributed by atoms with Crippen LogP contribution in [0.15, 0.2) is 41.1 Å². The van der Waals surface area contributed by atoms with Crippen LogP contribution >= 0.6 is 11.3 Å². The Morgan fingerprint density at radius 1 is 1.12 bits per heavy atom. The SMILES string of the molecule is Cc1nc(N[C@@H]2CCC[C@@H](NCc3ccsc3)C2)nc2ccccc12. The summed E-state index contributed by atoms with van der Waals surface area (Å²) in [5.41, 5.74) is 3.44. The molecule has 3 aromatic rings. The number of nitrogens with zero attached hydrogens (tertiary/aromatic N) is 2. The number of fused-ring (bicyclic) bond motifs is 1. The summed E-state index contributed by atoms with van der Waals surface area (Å²) in [7, 11) is 0. The molecule has 0 spiro atoms. The van der Waals surface area contributed by atoms with E-state index in [4.69, 9.17) is 4.98 Å². The number of nitrogens with one attached hydrogen (secondary N) is 2. The van der Waals surface area contributed by atoms with Crippen molar-refractivity contribution in [2.45, 2.75) is 51.2 Å². The first kappa shape index (κ1) is 16.5. The Morgan fingerprint density at radius 3 is 2.88 bits per heavy atom. The Bertz CT molecular complexity index is 831. The topological polar surface area (TPSA) is 49.8 Å². The van der Waals surface area contributed by atoms with E-state index in [1.54, 1.807) is 11.3 Å². The maximum Gasteiger partial charge on any atom is 0.223 e. The van der Waals surface area contributed by atoms with Crippen LogP contribution in [-0.2, 0) is 6.54 Å². The van der Waals surface area contributed by atoms with Gasteiger partial charge in [-0.1, -0.05) is 18.2 Å². The summed E-state index contributed by atoms with van der Waals surface area (Å²) in [6, 6.07) is 11.4. The van der Waals surface area contributed by atoms with Crippen LogP contribution in [0.3, 0.4) is 0 Å². The monoisotopic (exact) mass is 352 g/mol. The summed E-state index contributed by atoms with van der Waals surface area (Å²) in [6.07, 6.45) is 4.80. The molecule has 0 saturated heterocycles. The maximum absolute atomic E-state index is 4.70. The predicted molar refractivity (Wildman–Crippen MR) is 105 cm³/mol. The van der Waals surface area contributed by atoms with E-state index in [9.17, 15) is 0 Å². The molecular formula is C20H24N4S. The van der Waals surface area contributed by atoms with Gasteiger partial charge in [0.15, 0.2) is 0 Å². The van der Waals surface area contributed by atoms with Gasteiger partial charge < -0.3 is 10.6 Å². The molecule has 5 heteroatoms. The average molecular weight is 353 g/mol. The number of aryl methyl sites for hydroxylation is 1. The van der Waals surface area contributed by atoms with Gasteiger partial charge in [-0.25, -0.2) is 9.97 Å². The number of anilines is 1. The molecule has 4 rings (SSSR count). The number of rotatable bonds is 5. The van der Waals surface area contributed by atoms with E-state index in [1.807, 2.05) is 12.1 Å². The molecule has 1 aliphatic rings. The van der Waals surface area contributed by atoms with Gasteiger partial charge in [0.05, 0.1) is 11.2 Å². The van der Waals surface area contributed by atoms with Gasteiger partial charge in [-0.15, -0.1) is 0 Å². The molecule has 1 fully saturated rings. The number of aromatic nitrogens is 2. The van der Waals surface area contributed by atoms with Crippen LogP contribution in [0, 0.1) is 6.92 Å². The van der Waals surface area contributed by atoms with E-state index in [1.165, 1.54) is 24.8 Å². The molecule has 0 amide bonds.